The van der Waals surface area contributed by atoms with Crippen LogP contribution in [0, 0.1) is 0 Å². The topological polar surface area (TPSA) is 9.23 Å². The molecule has 0 fully saturated rings. The van der Waals surface area contributed by atoms with Crippen molar-refractivity contribution in [2.45, 2.75) is 10.5 Å². The Bertz CT molecular complexity index is 250. The lowest BCUT2D eigenvalue weighted by Gasteiger charge is -2.06. The molecule has 0 aliphatic rings. The third-order valence-electron chi connectivity index (χ3n) is 1.45. The molecule has 1 unspecified atom stereocenters. The molecular formula is C9H10Cl2OS. The molecule has 0 bridgehead atoms. The first-order valence-corrected chi connectivity index (χ1v) is 5.57. The summed E-state index contributed by atoms with van der Waals surface area (Å²) in [5.41, 5.74) is -0.235. The van der Waals surface area contributed by atoms with Gasteiger partial charge in [0.05, 0.1) is 0 Å². The number of benzene rings is 1. The summed E-state index contributed by atoms with van der Waals surface area (Å²) in [7, 11) is 1.60. The van der Waals surface area contributed by atoms with Gasteiger partial charge in [0.2, 0.25) is 0 Å². The highest BCUT2D eigenvalue weighted by Crippen LogP contribution is 2.22. The molecule has 0 aliphatic carbocycles. The lowest BCUT2D eigenvalue weighted by molar-refractivity contribution is 0.185. The molecule has 0 N–H and O–H groups in total. The zero-order chi connectivity index (χ0) is 9.68. The van der Waals surface area contributed by atoms with Crippen molar-refractivity contribution < 1.29 is 4.74 Å². The Morgan fingerprint density at radius 2 is 2.00 bits per heavy atom. The second-order valence-electron chi connectivity index (χ2n) is 2.41. The fourth-order valence-electron chi connectivity index (χ4n) is 0.761. The largest absolute Gasteiger partial charge is 0.365 e. The number of halogens is 2. The normalized spacial score (nSPS) is 12.8. The lowest BCUT2D eigenvalue weighted by Crippen LogP contribution is -2.03. The van der Waals surface area contributed by atoms with Gasteiger partial charge in [0, 0.05) is 22.8 Å². The van der Waals surface area contributed by atoms with Crippen molar-refractivity contribution in [1.29, 1.82) is 0 Å². The van der Waals surface area contributed by atoms with Gasteiger partial charge in [0.15, 0.2) is 0 Å². The Morgan fingerprint density at radius 3 is 2.54 bits per heavy atom. The summed E-state index contributed by atoms with van der Waals surface area (Å²) in [4.78, 5) is 1.15. The lowest BCUT2D eigenvalue weighted by atomic mass is 10.4. The zero-order valence-electron chi connectivity index (χ0n) is 7.17. The number of rotatable bonds is 4. The minimum atomic E-state index is -0.235. The third-order valence-corrected chi connectivity index (χ3v) is 3.29. The summed E-state index contributed by atoms with van der Waals surface area (Å²) in [6.45, 7) is 0. The quantitative estimate of drug-likeness (QED) is 0.584. The average molecular weight is 237 g/mol. The highest BCUT2D eigenvalue weighted by Gasteiger charge is 2.02. The molecule has 0 aromatic heterocycles. The van der Waals surface area contributed by atoms with Crippen molar-refractivity contribution in [3.05, 3.63) is 29.3 Å². The molecule has 0 saturated heterocycles. The molecule has 1 aromatic rings. The van der Waals surface area contributed by atoms with E-state index >= 15 is 0 Å². The van der Waals surface area contributed by atoms with Gasteiger partial charge in [-0.2, -0.15) is 0 Å². The van der Waals surface area contributed by atoms with Crippen molar-refractivity contribution in [3.63, 3.8) is 0 Å². The third kappa shape index (κ3) is 4.23. The molecule has 0 heterocycles. The van der Waals surface area contributed by atoms with Gasteiger partial charge in [-0.3, -0.25) is 0 Å². The van der Waals surface area contributed by atoms with Crippen LogP contribution in [0.4, 0.5) is 0 Å². The van der Waals surface area contributed by atoms with Gasteiger partial charge in [0.1, 0.15) is 5.56 Å². The molecule has 4 heteroatoms. The summed E-state index contributed by atoms with van der Waals surface area (Å²) in [6.07, 6.45) is 0. The number of hydrogen-bond acceptors (Lipinski definition) is 2. The predicted molar refractivity (Wildman–Crippen MR) is 58.8 cm³/mol. The van der Waals surface area contributed by atoms with E-state index in [9.17, 15) is 0 Å². The maximum atomic E-state index is 5.78. The van der Waals surface area contributed by atoms with Gasteiger partial charge >= 0.3 is 0 Å². The Hall–Kier alpha value is 0.110. The number of thioether (sulfide) groups is 1. The predicted octanol–water partition coefficient (Wildman–Crippen LogP) is 3.64. The Labute approximate surface area is 92.4 Å². The molecule has 0 amide bonds. The second-order valence-corrected chi connectivity index (χ2v) is 4.43. The van der Waals surface area contributed by atoms with Crippen molar-refractivity contribution in [2.75, 3.05) is 12.9 Å². The molecule has 0 aliphatic heterocycles. The fraction of sp³-hybridized carbons (Fsp3) is 0.333. The maximum absolute atomic E-state index is 5.78. The first-order chi connectivity index (χ1) is 6.22. The van der Waals surface area contributed by atoms with E-state index in [1.165, 1.54) is 0 Å². The number of alkyl halides is 1. The van der Waals surface area contributed by atoms with Crippen molar-refractivity contribution in [3.8, 4) is 0 Å². The molecule has 13 heavy (non-hydrogen) atoms. The first-order valence-electron chi connectivity index (χ1n) is 3.77. The standard InChI is InChI=1S/C9H10Cl2OS/c1-12-9(11)6-13-8-4-2-7(10)3-5-8/h2-5,9H,6H2,1H3. The van der Waals surface area contributed by atoms with Gasteiger partial charge in [-0.05, 0) is 24.3 Å². The highest BCUT2D eigenvalue weighted by molar-refractivity contribution is 7.99. The average Bonchev–Trinajstić information content (AvgIpc) is 2.16. The summed E-state index contributed by atoms with van der Waals surface area (Å²) in [5.74, 6) is 0.736. The van der Waals surface area contributed by atoms with Gasteiger partial charge in [0.25, 0.3) is 0 Å². The van der Waals surface area contributed by atoms with Crippen molar-refractivity contribution in [2.24, 2.45) is 0 Å². The first kappa shape index (κ1) is 11.2. The second kappa shape index (κ2) is 5.76. The Balaban J connectivity index is 2.41. The van der Waals surface area contributed by atoms with E-state index in [0.29, 0.717) is 0 Å². The van der Waals surface area contributed by atoms with Gasteiger partial charge in [-0.25, -0.2) is 0 Å². The fourth-order valence-corrected chi connectivity index (χ4v) is 1.86. The summed E-state index contributed by atoms with van der Waals surface area (Å²) < 4.78 is 4.91. The van der Waals surface area contributed by atoms with E-state index in [2.05, 4.69) is 0 Å². The summed E-state index contributed by atoms with van der Waals surface area (Å²) in [6, 6.07) is 7.65. The van der Waals surface area contributed by atoms with E-state index in [0.717, 1.165) is 15.7 Å². The molecular weight excluding hydrogens is 227 g/mol. The van der Waals surface area contributed by atoms with Crippen LogP contribution >= 0.6 is 35.0 Å². The number of ether oxygens (including phenoxy) is 1. The molecule has 0 radical (unpaired) electrons. The molecule has 0 spiro atoms. The number of hydrogen-bond donors (Lipinski definition) is 0. The van der Waals surface area contributed by atoms with Crippen LogP contribution in [0.5, 0.6) is 0 Å². The molecule has 0 saturated carbocycles. The van der Waals surface area contributed by atoms with Gasteiger partial charge in [-0.15, -0.1) is 11.8 Å². The summed E-state index contributed by atoms with van der Waals surface area (Å²) in [5, 5.41) is 0.749. The van der Waals surface area contributed by atoms with Crippen LogP contribution in [0.2, 0.25) is 5.02 Å². The van der Waals surface area contributed by atoms with E-state index in [1.54, 1.807) is 18.9 Å². The highest BCUT2D eigenvalue weighted by atomic mass is 35.5. The Kier molecular flexibility index (Phi) is 4.96. The van der Waals surface area contributed by atoms with Gasteiger partial charge < -0.3 is 4.74 Å². The van der Waals surface area contributed by atoms with Gasteiger partial charge in [-0.1, -0.05) is 23.2 Å². The van der Waals surface area contributed by atoms with Crippen LogP contribution in [-0.4, -0.2) is 18.4 Å². The molecule has 72 valence electrons. The monoisotopic (exact) mass is 236 g/mol. The van der Waals surface area contributed by atoms with E-state index in [-0.39, 0.29) is 5.56 Å². The summed E-state index contributed by atoms with van der Waals surface area (Å²) >= 11 is 13.2. The van der Waals surface area contributed by atoms with Crippen LogP contribution in [0.25, 0.3) is 0 Å². The SMILES string of the molecule is COC(Cl)CSc1ccc(Cl)cc1. The van der Waals surface area contributed by atoms with Crippen LogP contribution in [0.3, 0.4) is 0 Å². The zero-order valence-corrected chi connectivity index (χ0v) is 9.49. The molecule has 1 atom stereocenters. The minimum Gasteiger partial charge on any atom is -0.365 e. The Morgan fingerprint density at radius 1 is 1.38 bits per heavy atom. The molecule has 1 aromatic carbocycles. The van der Waals surface area contributed by atoms with E-state index in [1.807, 2.05) is 24.3 Å². The van der Waals surface area contributed by atoms with Crippen molar-refractivity contribution in [1.82, 2.24) is 0 Å². The van der Waals surface area contributed by atoms with Crippen molar-refractivity contribution >= 4 is 35.0 Å². The van der Waals surface area contributed by atoms with E-state index < -0.39 is 0 Å². The molecule has 1 nitrogen and oxygen atoms in total. The van der Waals surface area contributed by atoms with E-state index in [4.69, 9.17) is 27.9 Å². The van der Waals surface area contributed by atoms with Crippen LogP contribution in [0.15, 0.2) is 29.2 Å². The maximum Gasteiger partial charge on any atom is 0.140 e. The smallest absolute Gasteiger partial charge is 0.140 e. The van der Waals surface area contributed by atoms with Crippen LogP contribution in [-0.2, 0) is 4.74 Å². The molecule has 1 rings (SSSR count). The van der Waals surface area contributed by atoms with Crippen LogP contribution in [0.1, 0.15) is 0 Å². The number of methoxy groups -OCH3 is 1. The van der Waals surface area contributed by atoms with Crippen LogP contribution < -0.4 is 0 Å². The minimum absolute atomic E-state index is 0.235.